The molecular formula is C11H11F4NO2S. The molecule has 0 fully saturated rings. The molecule has 0 aromatic heterocycles. The minimum Gasteiger partial charge on any atom is -0.326 e. The van der Waals surface area contributed by atoms with Crippen molar-refractivity contribution < 1.29 is 26.6 Å². The first-order valence-corrected chi connectivity index (χ1v) is 6.74. The molecule has 1 amide bonds. The number of carbonyl (C=O) groups excluding carboxylic acids is 1. The van der Waals surface area contributed by atoms with Crippen LogP contribution >= 0.6 is 0 Å². The van der Waals surface area contributed by atoms with E-state index in [1.807, 2.05) is 0 Å². The van der Waals surface area contributed by atoms with E-state index >= 15 is 0 Å². The van der Waals surface area contributed by atoms with Crippen molar-refractivity contribution in [2.24, 2.45) is 0 Å². The second-order valence-electron chi connectivity index (χ2n) is 3.76. The zero-order chi connectivity index (χ0) is 14.6. The number of halogens is 4. The lowest BCUT2D eigenvalue weighted by Gasteiger charge is -2.08. The van der Waals surface area contributed by atoms with Gasteiger partial charge in [0.2, 0.25) is 5.91 Å². The highest BCUT2D eigenvalue weighted by molar-refractivity contribution is 7.84. The Balaban J connectivity index is 2.65. The third-order valence-electron chi connectivity index (χ3n) is 2.16. The third kappa shape index (κ3) is 5.37. The van der Waals surface area contributed by atoms with E-state index in [1.165, 1.54) is 18.4 Å². The Morgan fingerprint density at radius 3 is 2.47 bits per heavy atom. The molecule has 106 valence electrons. The largest absolute Gasteiger partial charge is 0.389 e. The van der Waals surface area contributed by atoms with Crippen molar-refractivity contribution in [3.8, 4) is 0 Å². The Kier molecular flexibility index (Phi) is 5.04. The van der Waals surface area contributed by atoms with Gasteiger partial charge in [0.25, 0.3) is 0 Å². The van der Waals surface area contributed by atoms with Gasteiger partial charge in [0.15, 0.2) is 0 Å². The summed E-state index contributed by atoms with van der Waals surface area (Å²) in [4.78, 5) is 11.2. The molecule has 1 N–H and O–H groups in total. The molecule has 0 unspecified atom stereocenters. The van der Waals surface area contributed by atoms with Gasteiger partial charge in [0.1, 0.15) is 5.82 Å². The molecule has 0 aliphatic carbocycles. The molecule has 0 spiro atoms. The lowest BCUT2D eigenvalue weighted by atomic mass is 10.2. The van der Waals surface area contributed by atoms with Crippen molar-refractivity contribution in [2.45, 2.75) is 23.9 Å². The van der Waals surface area contributed by atoms with Gasteiger partial charge in [-0.2, -0.15) is 13.2 Å². The van der Waals surface area contributed by atoms with E-state index in [0.29, 0.717) is 0 Å². The standard InChI is InChI=1S/C11H11F4NO2S/c1-19(18)9-3-2-7(6-8(9)12)16-10(17)4-5-11(13,14)15/h2-3,6H,4-5H2,1H3,(H,16,17)/t19-/m1/s1. The van der Waals surface area contributed by atoms with Gasteiger partial charge in [-0.3, -0.25) is 9.00 Å². The Bertz CT molecular complexity index is 502. The predicted molar refractivity (Wildman–Crippen MR) is 62.7 cm³/mol. The van der Waals surface area contributed by atoms with E-state index in [-0.39, 0.29) is 10.6 Å². The van der Waals surface area contributed by atoms with Gasteiger partial charge in [0, 0.05) is 18.4 Å². The summed E-state index contributed by atoms with van der Waals surface area (Å²) in [6, 6.07) is 3.42. The molecule has 0 saturated carbocycles. The average molecular weight is 297 g/mol. The molecule has 3 nitrogen and oxygen atoms in total. The van der Waals surface area contributed by atoms with E-state index in [9.17, 15) is 26.6 Å². The minimum atomic E-state index is -4.41. The van der Waals surface area contributed by atoms with Crippen LogP contribution in [0.3, 0.4) is 0 Å². The quantitative estimate of drug-likeness (QED) is 0.869. The summed E-state index contributed by atoms with van der Waals surface area (Å²) < 4.78 is 60.1. The number of alkyl halides is 3. The number of rotatable bonds is 4. The highest BCUT2D eigenvalue weighted by atomic mass is 32.2. The smallest absolute Gasteiger partial charge is 0.326 e. The minimum absolute atomic E-state index is 0.0267. The van der Waals surface area contributed by atoms with Crippen molar-refractivity contribution in [1.82, 2.24) is 0 Å². The second kappa shape index (κ2) is 6.14. The Morgan fingerprint density at radius 2 is 2.00 bits per heavy atom. The predicted octanol–water partition coefficient (Wildman–Crippen LogP) is 2.84. The van der Waals surface area contributed by atoms with E-state index in [4.69, 9.17) is 0 Å². The van der Waals surface area contributed by atoms with Crippen molar-refractivity contribution in [2.75, 3.05) is 11.6 Å². The van der Waals surface area contributed by atoms with Crippen molar-refractivity contribution >= 4 is 22.4 Å². The molecule has 1 rings (SSSR count). The fourth-order valence-corrected chi connectivity index (χ4v) is 1.88. The Labute approximate surface area is 109 Å². The fourth-order valence-electron chi connectivity index (χ4n) is 1.29. The molecule has 1 atom stereocenters. The van der Waals surface area contributed by atoms with Gasteiger partial charge < -0.3 is 5.32 Å². The van der Waals surface area contributed by atoms with E-state index in [1.54, 1.807) is 0 Å². The molecule has 0 heterocycles. The topological polar surface area (TPSA) is 46.2 Å². The van der Waals surface area contributed by atoms with Gasteiger partial charge in [0.05, 0.1) is 22.1 Å². The van der Waals surface area contributed by atoms with Gasteiger partial charge in [-0.15, -0.1) is 0 Å². The number of carbonyl (C=O) groups is 1. The van der Waals surface area contributed by atoms with E-state index in [0.717, 1.165) is 6.07 Å². The summed E-state index contributed by atoms with van der Waals surface area (Å²) in [5, 5.41) is 2.14. The van der Waals surface area contributed by atoms with Crippen LogP contribution in [-0.4, -0.2) is 22.5 Å². The fraction of sp³-hybridized carbons (Fsp3) is 0.364. The highest BCUT2D eigenvalue weighted by Crippen LogP contribution is 2.22. The number of amides is 1. The molecule has 1 aromatic rings. The van der Waals surface area contributed by atoms with Gasteiger partial charge in [-0.05, 0) is 18.2 Å². The Hall–Kier alpha value is -1.44. The van der Waals surface area contributed by atoms with Crippen LogP contribution in [0.4, 0.5) is 23.2 Å². The lowest BCUT2D eigenvalue weighted by molar-refractivity contribution is -0.142. The van der Waals surface area contributed by atoms with Crippen LogP contribution in [0.2, 0.25) is 0 Å². The summed E-state index contributed by atoms with van der Waals surface area (Å²) in [7, 11) is -1.51. The summed E-state index contributed by atoms with van der Waals surface area (Å²) in [6.07, 6.45) is -5.09. The molecule has 0 aliphatic rings. The molecule has 8 heteroatoms. The maximum absolute atomic E-state index is 13.4. The summed E-state index contributed by atoms with van der Waals surface area (Å²) >= 11 is 0. The molecule has 1 aromatic carbocycles. The van der Waals surface area contributed by atoms with Crippen molar-refractivity contribution in [3.63, 3.8) is 0 Å². The van der Waals surface area contributed by atoms with Crippen molar-refractivity contribution in [3.05, 3.63) is 24.0 Å². The maximum atomic E-state index is 13.4. The summed E-state index contributed by atoms with van der Waals surface area (Å²) in [5.41, 5.74) is 0.0267. The van der Waals surface area contributed by atoms with Crippen molar-refractivity contribution in [1.29, 1.82) is 0 Å². The number of hydrogen-bond donors (Lipinski definition) is 1. The van der Waals surface area contributed by atoms with Crippen LogP contribution in [-0.2, 0) is 15.6 Å². The van der Waals surface area contributed by atoms with Gasteiger partial charge in [-0.1, -0.05) is 0 Å². The SMILES string of the molecule is C[S@@](=O)c1ccc(NC(=O)CCC(F)(F)F)cc1F. The van der Waals surface area contributed by atoms with Gasteiger partial charge >= 0.3 is 6.18 Å². The highest BCUT2D eigenvalue weighted by Gasteiger charge is 2.27. The number of hydrogen-bond acceptors (Lipinski definition) is 2. The van der Waals surface area contributed by atoms with Crippen LogP contribution < -0.4 is 5.32 Å². The monoisotopic (exact) mass is 297 g/mol. The first kappa shape index (κ1) is 15.6. The Morgan fingerprint density at radius 1 is 1.37 bits per heavy atom. The maximum Gasteiger partial charge on any atom is 0.389 e. The summed E-state index contributed by atoms with van der Waals surface area (Å²) in [5.74, 6) is -1.64. The number of nitrogens with one attached hydrogen (secondary N) is 1. The first-order chi connectivity index (χ1) is 8.69. The zero-order valence-corrected chi connectivity index (χ0v) is 10.7. The number of benzene rings is 1. The molecular weight excluding hydrogens is 286 g/mol. The average Bonchev–Trinajstić information content (AvgIpc) is 2.25. The number of anilines is 1. The zero-order valence-electron chi connectivity index (χ0n) is 9.88. The lowest BCUT2D eigenvalue weighted by Crippen LogP contribution is -2.16. The first-order valence-electron chi connectivity index (χ1n) is 5.18. The second-order valence-corrected chi connectivity index (χ2v) is 5.11. The van der Waals surface area contributed by atoms with E-state index < -0.39 is 41.5 Å². The third-order valence-corrected chi connectivity index (χ3v) is 3.11. The van der Waals surface area contributed by atoms with E-state index in [2.05, 4.69) is 5.32 Å². The molecule has 0 aliphatic heterocycles. The van der Waals surface area contributed by atoms with Crippen LogP contribution in [0.5, 0.6) is 0 Å². The molecule has 0 saturated heterocycles. The van der Waals surface area contributed by atoms with Crippen LogP contribution in [0.1, 0.15) is 12.8 Å². The van der Waals surface area contributed by atoms with Crippen LogP contribution in [0.15, 0.2) is 23.1 Å². The summed E-state index contributed by atoms with van der Waals surface area (Å²) in [6.45, 7) is 0. The van der Waals surface area contributed by atoms with Gasteiger partial charge in [-0.25, -0.2) is 4.39 Å². The normalized spacial score (nSPS) is 13.1. The molecule has 0 bridgehead atoms. The molecule has 0 radical (unpaired) electrons. The molecule has 19 heavy (non-hydrogen) atoms. The van der Waals surface area contributed by atoms with Crippen LogP contribution in [0, 0.1) is 5.82 Å². The van der Waals surface area contributed by atoms with Crippen LogP contribution in [0.25, 0.3) is 0 Å².